The van der Waals surface area contributed by atoms with E-state index in [-0.39, 0.29) is 0 Å². The summed E-state index contributed by atoms with van der Waals surface area (Å²) in [7, 11) is 2.04. The van der Waals surface area contributed by atoms with Crippen molar-refractivity contribution in [2.45, 2.75) is 13.5 Å². The van der Waals surface area contributed by atoms with Crippen LogP contribution in [0.25, 0.3) is 11.3 Å². The summed E-state index contributed by atoms with van der Waals surface area (Å²) in [6.45, 7) is 2.85. The van der Waals surface area contributed by atoms with Gasteiger partial charge in [0.2, 0.25) is 0 Å². The number of aryl methyl sites for hydroxylation is 1. The van der Waals surface area contributed by atoms with Crippen molar-refractivity contribution in [2.24, 2.45) is 7.05 Å². The van der Waals surface area contributed by atoms with E-state index in [9.17, 15) is 0 Å². The number of rotatable bonds is 4. The van der Waals surface area contributed by atoms with E-state index in [0.29, 0.717) is 0 Å². The molecule has 0 saturated heterocycles. The Labute approximate surface area is 125 Å². The van der Waals surface area contributed by atoms with Crippen LogP contribution in [0.15, 0.2) is 60.8 Å². The molecular weight excluding hydrogens is 258 g/mol. The fraction of sp³-hybridized carbons (Fsp3) is 0.167. The van der Waals surface area contributed by atoms with Gasteiger partial charge in [0.1, 0.15) is 5.82 Å². The summed E-state index contributed by atoms with van der Waals surface area (Å²) in [5.41, 5.74) is 4.73. The first-order valence-corrected chi connectivity index (χ1v) is 7.10. The summed E-state index contributed by atoms with van der Waals surface area (Å²) < 4.78 is 2.10. The first-order valence-electron chi connectivity index (χ1n) is 7.10. The van der Waals surface area contributed by atoms with Crippen molar-refractivity contribution in [1.82, 2.24) is 9.55 Å². The van der Waals surface area contributed by atoms with Crippen LogP contribution in [0.2, 0.25) is 0 Å². The van der Waals surface area contributed by atoms with E-state index in [2.05, 4.69) is 63.4 Å². The van der Waals surface area contributed by atoms with Crippen molar-refractivity contribution in [3.8, 4) is 11.3 Å². The lowest BCUT2D eigenvalue weighted by Gasteiger charge is -2.08. The average molecular weight is 277 g/mol. The summed E-state index contributed by atoms with van der Waals surface area (Å²) in [6, 6.07) is 18.9. The van der Waals surface area contributed by atoms with E-state index in [1.165, 1.54) is 11.1 Å². The SMILES string of the molecule is Cc1ncc(-c2ccc(NCc3ccccc3)cc2)n1C. The maximum atomic E-state index is 4.34. The number of hydrogen-bond acceptors (Lipinski definition) is 2. The zero-order chi connectivity index (χ0) is 14.7. The standard InChI is InChI=1S/C18H19N3/c1-14-19-13-18(21(14)2)16-8-10-17(11-9-16)20-12-15-6-4-3-5-7-15/h3-11,13,20H,12H2,1-2H3. The molecule has 0 amide bonds. The fourth-order valence-corrected chi connectivity index (χ4v) is 2.33. The van der Waals surface area contributed by atoms with Gasteiger partial charge in [-0.25, -0.2) is 4.98 Å². The molecule has 0 aliphatic heterocycles. The van der Waals surface area contributed by atoms with Gasteiger partial charge in [-0.2, -0.15) is 0 Å². The van der Waals surface area contributed by atoms with Crippen molar-refractivity contribution >= 4 is 5.69 Å². The van der Waals surface area contributed by atoms with E-state index < -0.39 is 0 Å². The van der Waals surface area contributed by atoms with Gasteiger partial charge >= 0.3 is 0 Å². The highest BCUT2D eigenvalue weighted by Gasteiger charge is 2.05. The van der Waals surface area contributed by atoms with Gasteiger partial charge in [0, 0.05) is 19.3 Å². The molecule has 0 saturated carbocycles. The van der Waals surface area contributed by atoms with E-state index >= 15 is 0 Å². The van der Waals surface area contributed by atoms with Crippen LogP contribution in [0, 0.1) is 6.92 Å². The number of nitrogens with one attached hydrogen (secondary N) is 1. The van der Waals surface area contributed by atoms with Crippen molar-refractivity contribution in [2.75, 3.05) is 5.32 Å². The highest BCUT2D eigenvalue weighted by Crippen LogP contribution is 2.22. The first kappa shape index (κ1) is 13.4. The molecule has 0 aliphatic carbocycles. The van der Waals surface area contributed by atoms with E-state index in [4.69, 9.17) is 0 Å². The second kappa shape index (κ2) is 5.83. The number of hydrogen-bond donors (Lipinski definition) is 1. The van der Waals surface area contributed by atoms with Crippen LogP contribution in [0.5, 0.6) is 0 Å². The van der Waals surface area contributed by atoms with Gasteiger partial charge in [-0.05, 0) is 30.2 Å². The number of nitrogens with zero attached hydrogens (tertiary/aromatic N) is 2. The van der Waals surface area contributed by atoms with Crippen LogP contribution < -0.4 is 5.32 Å². The molecule has 0 atom stereocenters. The normalized spacial score (nSPS) is 10.6. The third kappa shape index (κ3) is 2.97. The summed E-state index contributed by atoms with van der Waals surface area (Å²) in [5, 5.41) is 3.44. The zero-order valence-corrected chi connectivity index (χ0v) is 12.4. The Bertz CT molecular complexity index is 712. The second-order valence-corrected chi connectivity index (χ2v) is 5.17. The Morgan fingerprint density at radius 2 is 1.71 bits per heavy atom. The summed E-state index contributed by atoms with van der Waals surface area (Å²) in [6.07, 6.45) is 1.92. The molecule has 0 fully saturated rings. The van der Waals surface area contributed by atoms with Gasteiger partial charge < -0.3 is 9.88 Å². The highest BCUT2D eigenvalue weighted by atomic mass is 15.0. The number of benzene rings is 2. The van der Waals surface area contributed by atoms with Crippen molar-refractivity contribution < 1.29 is 0 Å². The zero-order valence-electron chi connectivity index (χ0n) is 12.4. The minimum absolute atomic E-state index is 0.838. The Balaban J connectivity index is 1.71. The molecule has 3 rings (SSSR count). The first-order chi connectivity index (χ1) is 10.2. The lowest BCUT2D eigenvalue weighted by atomic mass is 10.1. The predicted molar refractivity (Wildman–Crippen MR) is 87.1 cm³/mol. The number of anilines is 1. The van der Waals surface area contributed by atoms with Crippen LogP contribution in [0.1, 0.15) is 11.4 Å². The van der Waals surface area contributed by atoms with E-state index in [0.717, 1.165) is 23.8 Å². The molecule has 0 radical (unpaired) electrons. The van der Waals surface area contributed by atoms with E-state index in [1.54, 1.807) is 0 Å². The van der Waals surface area contributed by atoms with Gasteiger partial charge in [-0.15, -0.1) is 0 Å². The molecule has 0 aliphatic rings. The maximum Gasteiger partial charge on any atom is 0.105 e. The molecule has 3 nitrogen and oxygen atoms in total. The quantitative estimate of drug-likeness (QED) is 0.781. The van der Waals surface area contributed by atoms with Crippen molar-refractivity contribution in [1.29, 1.82) is 0 Å². The molecule has 0 bridgehead atoms. The molecular formula is C18H19N3. The Kier molecular flexibility index (Phi) is 3.73. The monoisotopic (exact) mass is 277 g/mol. The molecule has 3 aromatic rings. The van der Waals surface area contributed by atoms with Gasteiger partial charge in [0.25, 0.3) is 0 Å². The molecule has 0 unspecified atom stereocenters. The molecule has 1 N–H and O–H groups in total. The molecule has 3 heteroatoms. The minimum atomic E-state index is 0.838. The molecule has 21 heavy (non-hydrogen) atoms. The summed E-state index contributed by atoms with van der Waals surface area (Å²) in [4.78, 5) is 4.34. The van der Waals surface area contributed by atoms with Crippen LogP contribution in [-0.2, 0) is 13.6 Å². The third-order valence-electron chi connectivity index (χ3n) is 3.74. The Morgan fingerprint density at radius 3 is 2.33 bits per heavy atom. The predicted octanol–water partition coefficient (Wildman–Crippen LogP) is 4.01. The van der Waals surface area contributed by atoms with Gasteiger partial charge in [0.05, 0.1) is 11.9 Å². The topological polar surface area (TPSA) is 29.9 Å². The van der Waals surface area contributed by atoms with Crippen molar-refractivity contribution in [3.05, 3.63) is 72.2 Å². The molecule has 1 aromatic heterocycles. The maximum absolute atomic E-state index is 4.34. The molecule has 106 valence electrons. The lowest BCUT2D eigenvalue weighted by Crippen LogP contribution is -1.99. The second-order valence-electron chi connectivity index (χ2n) is 5.17. The Morgan fingerprint density at radius 1 is 1.00 bits per heavy atom. The largest absolute Gasteiger partial charge is 0.381 e. The van der Waals surface area contributed by atoms with Gasteiger partial charge in [0.15, 0.2) is 0 Å². The average Bonchev–Trinajstić information content (AvgIpc) is 2.87. The van der Waals surface area contributed by atoms with Crippen LogP contribution >= 0.6 is 0 Å². The smallest absolute Gasteiger partial charge is 0.105 e. The fourth-order valence-electron chi connectivity index (χ4n) is 2.33. The van der Waals surface area contributed by atoms with Crippen LogP contribution in [0.3, 0.4) is 0 Å². The van der Waals surface area contributed by atoms with Crippen LogP contribution in [-0.4, -0.2) is 9.55 Å². The third-order valence-corrected chi connectivity index (χ3v) is 3.74. The van der Waals surface area contributed by atoms with E-state index in [1.807, 2.05) is 26.2 Å². The lowest BCUT2D eigenvalue weighted by molar-refractivity contribution is 0.865. The van der Waals surface area contributed by atoms with Crippen molar-refractivity contribution in [3.63, 3.8) is 0 Å². The van der Waals surface area contributed by atoms with Gasteiger partial charge in [-0.3, -0.25) is 0 Å². The Hall–Kier alpha value is -2.55. The number of aromatic nitrogens is 2. The minimum Gasteiger partial charge on any atom is -0.381 e. The van der Waals surface area contributed by atoms with Gasteiger partial charge in [-0.1, -0.05) is 42.5 Å². The molecule has 2 aromatic carbocycles. The molecule has 1 heterocycles. The summed E-state index contributed by atoms with van der Waals surface area (Å²) in [5.74, 6) is 1.02. The highest BCUT2D eigenvalue weighted by molar-refractivity contribution is 5.63. The van der Waals surface area contributed by atoms with Crippen LogP contribution in [0.4, 0.5) is 5.69 Å². The summed E-state index contributed by atoms with van der Waals surface area (Å²) >= 11 is 0. The molecule has 0 spiro atoms. The number of imidazole rings is 1.